The number of hydrogen-bond acceptors (Lipinski definition) is 4. The van der Waals surface area contributed by atoms with Crippen molar-refractivity contribution in [2.75, 3.05) is 5.32 Å². The Hall–Kier alpha value is -3.42. The number of para-hydroxylation sites is 1. The number of benzene rings is 2. The van der Waals surface area contributed by atoms with Crippen LogP contribution < -0.4 is 16.2 Å². The van der Waals surface area contributed by atoms with Crippen molar-refractivity contribution in [3.63, 3.8) is 0 Å². The van der Waals surface area contributed by atoms with Gasteiger partial charge in [0.05, 0.1) is 11.3 Å². The van der Waals surface area contributed by atoms with Crippen LogP contribution in [0.4, 0.5) is 14.5 Å². The Labute approximate surface area is 142 Å². The highest BCUT2D eigenvalue weighted by molar-refractivity contribution is 6.00. The minimum atomic E-state index is -0.903. The first kappa shape index (κ1) is 17.9. The number of carbonyl (C=O) groups excluding carboxylic acids is 2. The van der Waals surface area contributed by atoms with E-state index in [1.807, 2.05) is 0 Å². The summed E-state index contributed by atoms with van der Waals surface area (Å²) in [7, 11) is 0. The summed E-state index contributed by atoms with van der Waals surface area (Å²) in [5, 5.41) is 11.8. The molecular formula is C17H15F2N3O3. The maximum atomic E-state index is 13.5. The van der Waals surface area contributed by atoms with Crippen LogP contribution >= 0.6 is 0 Å². The lowest BCUT2D eigenvalue weighted by Crippen LogP contribution is -2.36. The summed E-state index contributed by atoms with van der Waals surface area (Å²) in [6, 6.07) is 8.71. The third-order valence-electron chi connectivity index (χ3n) is 3.06. The molecule has 2 aromatic carbocycles. The van der Waals surface area contributed by atoms with Gasteiger partial charge in [0.15, 0.2) is 0 Å². The summed E-state index contributed by atoms with van der Waals surface area (Å²) in [4.78, 5) is 23.7. The number of anilines is 1. The first-order chi connectivity index (χ1) is 11.9. The van der Waals surface area contributed by atoms with Gasteiger partial charge in [0.1, 0.15) is 17.4 Å². The van der Waals surface area contributed by atoms with Crippen LogP contribution in [-0.2, 0) is 4.79 Å². The Bertz CT molecular complexity index is 838. The summed E-state index contributed by atoms with van der Waals surface area (Å²) < 4.78 is 26.3. The van der Waals surface area contributed by atoms with Gasteiger partial charge in [0, 0.05) is 17.8 Å². The van der Waals surface area contributed by atoms with Crippen LogP contribution in [0.3, 0.4) is 0 Å². The van der Waals surface area contributed by atoms with Crippen LogP contribution in [0.2, 0.25) is 0 Å². The normalized spacial score (nSPS) is 10.9. The molecule has 0 atom stereocenters. The smallest absolute Gasteiger partial charge is 0.273 e. The van der Waals surface area contributed by atoms with Gasteiger partial charge in [-0.2, -0.15) is 0 Å². The molecule has 0 spiro atoms. The monoisotopic (exact) mass is 347 g/mol. The van der Waals surface area contributed by atoms with Gasteiger partial charge in [-0.3, -0.25) is 15.0 Å². The third kappa shape index (κ3) is 5.03. The zero-order chi connectivity index (χ0) is 18.4. The number of hydrazine groups is 1. The predicted molar refractivity (Wildman–Crippen MR) is 87.5 cm³/mol. The van der Waals surface area contributed by atoms with Crippen molar-refractivity contribution in [3.05, 3.63) is 71.4 Å². The van der Waals surface area contributed by atoms with E-state index < -0.39 is 23.4 Å². The molecule has 25 heavy (non-hydrogen) atoms. The van der Waals surface area contributed by atoms with E-state index in [4.69, 9.17) is 0 Å². The fourth-order valence-corrected chi connectivity index (χ4v) is 1.88. The minimum Gasteiger partial charge on any atom is -0.507 e. The average molecular weight is 347 g/mol. The van der Waals surface area contributed by atoms with Gasteiger partial charge in [-0.05, 0) is 31.2 Å². The van der Waals surface area contributed by atoms with Gasteiger partial charge >= 0.3 is 0 Å². The zero-order valence-electron chi connectivity index (χ0n) is 13.1. The molecule has 0 aliphatic rings. The highest BCUT2D eigenvalue weighted by Crippen LogP contribution is 2.15. The van der Waals surface area contributed by atoms with Crippen LogP contribution in [0.5, 0.6) is 5.75 Å². The molecule has 2 amide bonds. The van der Waals surface area contributed by atoms with Gasteiger partial charge < -0.3 is 15.8 Å². The van der Waals surface area contributed by atoms with E-state index in [0.717, 1.165) is 18.2 Å². The summed E-state index contributed by atoms with van der Waals surface area (Å²) in [6.07, 6.45) is 1.08. The van der Waals surface area contributed by atoms with Crippen molar-refractivity contribution in [2.45, 2.75) is 6.92 Å². The summed E-state index contributed by atoms with van der Waals surface area (Å²) in [6.45, 7) is 1.49. The summed E-state index contributed by atoms with van der Waals surface area (Å²) >= 11 is 0. The number of rotatable bonds is 5. The molecule has 0 bridgehead atoms. The Morgan fingerprint density at radius 1 is 1.08 bits per heavy atom. The number of halogens is 2. The van der Waals surface area contributed by atoms with E-state index in [1.54, 1.807) is 12.1 Å². The van der Waals surface area contributed by atoms with Crippen molar-refractivity contribution in [2.24, 2.45) is 0 Å². The maximum absolute atomic E-state index is 13.5. The minimum absolute atomic E-state index is 0.0561. The molecule has 0 saturated carbocycles. The molecule has 0 aromatic heterocycles. The largest absolute Gasteiger partial charge is 0.507 e. The zero-order valence-corrected chi connectivity index (χ0v) is 13.1. The molecule has 6 nitrogen and oxygen atoms in total. The van der Waals surface area contributed by atoms with Crippen LogP contribution in [0.15, 0.2) is 54.2 Å². The predicted octanol–water partition coefficient (Wildman–Crippen LogP) is 2.45. The van der Waals surface area contributed by atoms with Gasteiger partial charge in [-0.15, -0.1) is 0 Å². The Kier molecular flexibility index (Phi) is 5.67. The molecule has 2 aromatic rings. The van der Waals surface area contributed by atoms with Crippen LogP contribution in [0, 0.1) is 11.6 Å². The lowest BCUT2D eigenvalue weighted by molar-refractivity contribution is -0.112. The molecule has 0 aliphatic carbocycles. The van der Waals surface area contributed by atoms with Crippen LogP contribution in [-0.4, -0.2) is 16.9 Å². The number of carbonyl (C=O) groups is 2. The number of hydrogen-bond donors (Lipinski definition) is 4. The first-order valence-corrected chi connectivity index (χ1v) is 7.15. The molecule has 2 rings (SSSR count). The molecule has 8 heteroatoms. The number of phenolic OH excluding ortho intramolecular Hbond substituents is 1. The van der Waals surface area contributed by atoms with Crippen molar-refractivity contribution < 1.29 is 23.5 Å². The lowest BCUT2D eigenvalue weighted by atomic mass is 10.2. The number of nitrogens with one attached hydrogen (secondary N) is 3. The van der Waals surface area contributed by atoms with Crippen LogP contribution in [0.1, 0.15) is 17.3 Å². The summed E-state index contributed by atoms with van der Waals surface area (Å²) in [5.41, 5.74) is 4.93. The van der Waals surface area contributed by atoms with E-state index in [-0.39, 0.29) is 22.7 Å². The quantitative estimate of drug-likeness (QED) is 0.494. The second kappa shape index (κ2) is 7.91. The second-order valence-electron chi connectivity index (χ2n) is 5.04. The van der Waals surface area contributed by atoms with Crippen molar-refractivity contribution in [1.82, 2.24) is 10.9 Å². The topological polar surface area (TPSA) is 90.5 Å². The molecule has 0 heterocycles. The van der Waals surface area contributed by atoms with E-state index in [0.29, 0.717) is 6.07 Å². The number of aromatic hydroxyl groups is 1. The van der Waals surface area contributed by atoms with Crippen molar-refractivity contribution >= 4 is 17.5 Å². The third-order valence-corrected chi connectivity index (χ3v) is 3.06. The Morgan fingerprint density at radius 2 is 1.80 bits per heavy atom. The molecule has 130 valence electrons. The number of amides is 2. The highest BCUT2D eigenvalue weighted by Gasteiger charge is 2.10. The molecule has 0 radical (unpaired) electrons. The van der Waals surface area contributed by atoms with Crippen molar-refractivity contribution in [3.8, 4) is 5.75 Å². The Morgan fingerprint density at radius 3 is 2.48 bits per heavy atom. The van der Waals surface area contributed by atoms with Crippen LogP contribution in [0.25, 0.3) is 0 Å². The number of allylic oxidation sites excluding steroid dienone is 1. The molecule has 0 saturated heterocycles. The fourth-order valence-electron chi connectivity index (χ4n) is 1.88. The first-order valence-electron chi connectivity index (χ1n) is 7.15. The number of phenols is 1. The van der Waals surface area contributed by atoms with E-state index in [1.165, 1.54) is 19.1 Å². The lowest BCUT2D eigenvalue weighted by Gasteiger charge is -2.10. The molecule has 0 fully saturated rings. The molecule has 0 unspecified atom stereocenters. The Balaban J connectivity index is 1.93. The van der Waals surface area contributed by atoms with Crippen molar-refractivity contribution in [1.29, 1.82) is 0 Å². The molecular weight excluding hydrogens is 332 g/mol. The van der Waals surface area contributed by atoms with E-state index in [9.17, 15) is 23.5 Å². The summed E-state index contributed by atoms with van der Waals surface area (Å²) in [5.74, 6) is -3.12. The highest BCUT2D eigenvalue weighted by atomic mass is 19.1. The standard InChI is InChI=1S/C17H15F2N3O3/c1-10(21-22-17(25)12-4-2-3-5-15(12)23)8-16(24)20-14-7-6-11(18)9-13(14)19/h2-9,21,23H,1H3,(H,20,24)(H,22,25)/b10-8-. The fraction of sp³-hybridized carbons (Fsp3) is 0.0588. The average Bonchev–Trinajstić information content (AvgIpc) is 2.55. The molecule has 4 N–H and O–H groups in total. The second-order valence-corrected chi connectivity index (χ2v) is 5.04. The van der Waals surface area contributed by atoms with Gasteiger partial charge in [0.2, 0.25) is 5.91 Å². The SMILES string of the molecule is C/C(=C/C(=O)Nc1ccc(F)cc1F)NNC(=O)c1ccccc1O. The van der Waals surface area contributed by atoms with E-state index in [2.05, 4.69) is 16.2 Å². The van der Waals surface area contributed by atoms with Gasteiger partial charge in [-0.25, -0.2) is 8.78 Å². The maximum Gasteiger partial charge on any atom is 0.273 e. The van der Waals surface area contributed by atoms with Gasteiger partial charge in [-0.1, -0.05) is 12.1 Å². The van der Waals surface area contributed by atoms with E-state index >= 15 is 0 Å². The molecule has 0 aliphatic heterocycles. The van der Waals surface area contributed by atoms with Gasteiger partial charge in [0.25, 0.3) is 5.91 Å².